The molecule has 0 spiro atoms. The summed E-state index contributed by atoms with van der Waals surface area (Å²) in [6.45, 7) is 1.28. The van der Waals surface area contributed by atoms with E-state index in [9.17, 15) is 9.59 Å². The highest BCUT2D eigenvalue weighted by Gasteiger charge is 2.37. The SMILES string of the molecule is O=C(O)CN(C(=O)N1CCC(OCCO)CC1)C1CC1. The van der Waals surface area contributed by atoms with Gasteiger partial charge in [0.25, 0.3) is 0 Å². The van der Waals surface area contributed by atoms with Gasteiger partial charge in [-0.25, -0.2) is 4.79 Å². The van der Waals surface area contributed by atoms with Gasteiger partial charge in [0.15, 0.2) is 0 Å². The van der Waals surface area contributed by atoms with Crippen LogP contribution in [0.25, 0.3) is 0 Å². The number of piperidine rings is 1. The van der Waals surface area contributed by atoms with E-state index in [2.05, 4.69) is 0 Å². The molecule has 1 aliphatic carbocycles. The lowest BCUT2D eigenvalue weighted by atomic mass is 10.1. The summed E-state index contributed by atoms with van der Waals surface area (Å²) in [7, 11) is 0. The number of urea groups is 1. The standard InChI is InChI=1S/C13H22N2O5/c16-7-8-20-11-3-5-14(6-4-11)13(19)15(9-12(17)18)10-1-2-10/h10-11,16H,1-9H2,(H,17,18). The van der Waals surface area contributed by atoms with Crippen LogP contribution >= 0.6 is 0 Å². The molecule has 114 valence electrons. The molecule has 0 aromatic rings. The molecule has 0 unspecified atom stereocenters. The van der Waals surface area contributed by atoms with Crippen molar-refractivity contribution in [3.8, 4) is 0 Å². The third kappa shape index (κ3) is 4.08. The van der Waals surface area contributed by atoms with Gasteiger partial charge in [0.2, 0.25) is 0 Å². The van der Waals surface area contributed by atoms with E-state index in [1.165, 1.54) is 4.90 Å². The van der Waals surface area contributed by atoms with Crippen LogP contribution in [0.4, 0.5) is 4.79 Å². The molecule has 2 amide bonds. The second-order valence-corrected chi connectivity index (χ2v) is 5.32. The Morgan fingerprint density at radius 3 is 2.35 bits per heavy atom. The number of rotatable bonds is 6. The molecule has 1 heterocycles. The summed E-state index contributed by atoms with van der Waals surface area (Å²) in [6.07, 6.45) is 3.35. The minimum absolute atomic E-state index is 0.00716. The molecule has 0 radical (unpaired) electrons. The molecule has 0 aromatic carbocycles. The monoisotopic (exact) mass is 286 g/mol. The molecule has 2 N–H and O–H groups in total. The Morgan fingerprint density at radius 2 is 1.85 bits per heavy atom. The number of carboxylic acid groups (broad SMARTS) is 1. The van der Waals surface area contributed by atoms with E-state index in [1.807, 2.05) is 0 Å². The molecule has 7 nitrogen and oxygen atoms in total. The van der Waals surface area contributed by atoms with Crippen molar-refractivity contribution < 1.29 is 24.5 Å². The van der Waals surface area contributed by atoms with Crippen LogP contribution in [0.1, 0.15) is 25.7 Å². The average Bonchev–Trinajstić information content (AvgIpc) is 3.26. The smallest absolute Gasteiger partial charge is 0.323 e. The Labute approximate surface area is 118 Å². The quantitative estimate of drug-likeness (QED) is 0.724. The van der Waals surface area contributed by atoms with Crippen LogP contribution in [0.2, 0.25) is 0 Å². The molecule has 1 saturated heterocycles. The Kier molecular flexibility index (Phi) is 5.19. The fourth-order valence-electron chi connectivity index (χ4n) is 2.50. The van der Waals surface area contributed by atoms with Crippen LogP contribution in [0.15, 0.2) is 0 Å². The van der Waals surface area contributed by atoms with Gasteiger partial charge >= 0.3 is 12.0 Å². The highest BCUT2D eigenvalue weighted by atomic mass is 16.5. The maximum atomic E-state index is 12.3. The van der Waals surface area contributed by atoms with Crippen molar-refractivity contribution in [1.82, 2.24) is 9.80 Å². The van der Waals surface area contributed by atoms with Crippen LogP contribution in [0.5, 0.6) is 0 Å². The van der Waals surface area contributed by atoms with Gasteiger partial charge in [-0.3, -0.25) is 4.79 Å². The predicted molar refractivity (Wildman–Crippen MR) is 70.4 cm³/mol. The summed E-state index contributed by atoms with van der Waals surface area (Å²) in [6, 6.07) is -0.0718. The molecule has 0 bridgehead atoms. The summed E-state index contributed by atoms with van der Waals surface area (Å²) in [5.74, 6) is -0.966. The average molecular weight is 286 g/mol. The van der Waals surface area contributed by atoms with Crippen molar-refractivity contribution in [1.29, 1.82) is 0 Å². The van der Waals surface area contributed by atoms with E-state index >= 15 is 0 Å². The van der Waals surface area contributed by atoms with E-state index < -0.39 is 5.97 Å². The van der Waals surface area contributed by atoms with Gasteiger partial charge in [0.1, 0.15) is 6.54 Å². The van der Waals surface area contributed by atoms with Crippen LogP contribution in [-0.4, -0.2) is 77.0 Å². The number of nitrogens with zero attached hydrogens (tertiary/aromatic N) is 2. The molecular formula is C13H22N2O5. The minimum Gasteiger partial charge on any atom is -0.480 e. The summed E-state index contributed by atoms with van der Waals surface area (Å²) in [5, 5.41) is 17.6. The largest absolute Gasteiger partial charge is 0.480 e. The van der Waals surface area contributed by atoms with Gasteiger partial charge in [-0.15, -0.1) is 0 Å². The molecule has 2 rings (SSSR count). The van der Waals surface area contributed by atoms with Crippen molar-refractivity contribution in [2.75, 3.05) is 32.8 Å². The van der Waals surface area contributed by atoms with Gasteiger partial charge in [-0.1, -0.05) is 0 Å². The Morgan fingerprint density at radius 1 is 1.20 bits per heavy atom. The molecule has 0 aromatic heterocycles. The second-order valence-electron chi connectivity index (χ2n) is 5.32. The molecule has 1 saturated carbocycles. The molecule has 7 heteroatoms. The first-order valence-corrected chi connectivity index (χ1v) is 7.11. The molecule has 2 aliphatic rings. The lowest BCUT2D eigenvalue weighted by molar-refractivity contribution is -0.138. The first-order valence-electron chi connectivity index (χ1n) is 7.11. The summed E-state index contributed by atoms with van der Waals surface area (Å²) < 4.78 is 5.45. The Hall–Kier alpha value is -1.34. The molecule has 1 aliphatic heterocycles. The second kappa shape index (κ2) is 6.90. The third-order valence-corrected chi connectivity index (χ3v) is 3.70. The highest BCUT2D eigenvalue weighted by molar-refractivity contribution is 5.80. The fourth-order valence-corrected chi connectivity index (χ4v) is 2.50. The number of carboxylic acids is 1. The molecule has 20 heavy (non-hydrogen) atoms. The number of ether oxygens (including phenoxy) is 1. The summed E-state index contributed by atoms with van der Waals surface area (Å²) in [5.41, 5.74) is 0. The number of aliphatic hydroxyl groups is 1. The number of amides is 2. The maximum Gasteiger partial charge on any atom is 0.323 e. The van der Waals surface area contributed by atoms with E-state index in [-0.39, 0.29) is 31.3 Å². The van der Waals surface area contributed by atoms with Crippen LogP contribution in [0.3, 0.4) is 0 Å². The first kappa shape index (κ1) is 15.1. The highest BCUT2D eigenvalue weighted by Crippen LogP contribution is 2.28. The van der Waals surface area contributed by atoms with Crippen molar-refractivity contribution >= 4 is 12.0 Å². The Balaban J connectivity index is 1.82. The topological polar surface area (TPSA) is 90.3 Å². The van der Waals surface area contributed by atoms with Gasteiger partial charge in [-0.05, 0) is 25.7 Å². The fraction of sp³-hybridized carbons (Fsp3) is 0.846. The zero-order chi connectivity index (χ0) is 14.5. The van der Waals surface area contributed by atoms with Crippen molar-refractivity contribution in [2.24, 2.45) is 0 Å². The van der Waals surface area contributed by atoms with Gasteiger partial charge in [0.05, 0.1) is 19.3 Å². The van der Waals surface area contributed by atoms with E-state index in [0.29, 0.717) is 19.7 Å². The van der Waals surface area contributed by atoms with Crippen LogP contribution < -0.4 is 0 Å². The first-order chi connectivity index (χ1) is 9.61. The van der Waals surface area contributed by atoms with Gasteiger partial charge < -0.3 is 24.7 Å². The van der Waals surface area contributed by atoms with E-state index in [4.69, 9.17) is 14.9 Å². The van der Waals surface area contributed by atoms with Crippen LogP contribution in [0, 0.1) is 0 Å². The van der Waals surface area contributed by atoms with Crippen LogP contribution in [-0.2, 0) is 9.53 Å². The zero-order valence-electron chi connectivity index (χ0n) is 11.5. The van der Waals surface area contributed by atoms with Crippen molar-refractivity contribution in [2.45, 2.75) is 37.8 Å². The summed E-state index contributed by atoms with van der Waals surface area (Å²) >= 11 is 0. The third-order valence-electron chi connectivity index (χ3n) is 3.70. The maximum absolute atomic E-state index is 12.3. The van der Waals surface area contributed by atoms with E-state index in [0.717, 1.165) is 25.7 Å². The minimum atomic E-state index is -0.966. The number of carbonyl (C=O) groups is 2. The van der Waals surface area contributed by atoms with Gasteiger partial charge in [-0.2, -0.15) is 0 Å². The van der Waals surface area contributed by atoms with Gasteiger partial charge in [0, 0.05) is 19.1 Å². The van der Waals surface area contributed by atoms with E-state index in [1.54, 1.807) is 4.90 Å². The van der Waals surface area contributed by atoms with Crippen molar-refractivity contribution in [3.05, 3.63) is 0 Å². The predicted octanol–water partition coefficient (Wildman–Crippen LogP) is 0.129. The number of aliphatic hydroxyl groups excluding tert-OH is 1. The number of hydrogen-bond donors (Lipinski definition) is 2. The zero-order valence-corrected chi connectivity index (χ0v) is 11.5. The number of hydrogen-bond acceptors (Lipinski definition) is 4. The number of carbonyl (C=O) groups excluding carboxylic acids is 1. The Bertz CT molecular complexity index is 351. The summed E-state index contributed by atoms with van der Waals surface area (Å²) in [4.78, 5) is 26.4. The molecule has 0 atom stereocenters. The molecule has 2 fully saturated rings. The lowest BCUT2D eigenvalue weighted by Crippen LogP contribution is -2.50. The molecular weight excluding hydrogens is 264 g/mol. The van der Waals surface area contributed by atoms with Crippen molar-refractivity contribution in [3.63, 3.8) is 0 Å². The number of likely N-dealkylation sites (tertiary alicyclic amines) is 1. The number of aliphatic carboxylic acids is 1. The lowest BCUT2D eigenvalue weighted by Gasteiger charge is -2.35. The normalized spacial score (nSPS) is 19.9.